The number of nitrogens with zero attached hydrogens (tertiary/aromatic N) is 2. The van der Waals surface area contributed by atoms with Crippen LogP contribution in [0.2, 0.25) is 0 Å². The summed E-state index contributed by atoms with van der Waals surface area (Å²) in [5.74, 6) is 0.870. The fourth-order valence-corrected chi connectivity index (χ4v) is 3.81. The number of anilines is 1. The van der Waals surface area contributed by atoms with E-state index in [0.717, 1.165) is 34.8 Å². The van der Waals surface area contributed by atoms with Crippen LogP contribution in [-0.2, 0) is 11.3 Å². The smallest absolute Gasteiger partial charge is 0.234 e. The molecule has 0 aliphatic rings. The number of para-hydroxylation sites is 2. The molecule has 1 atom stereocenters. The van der Waals surface area contributed by atoms with E-state index < -0.39 is 0 Å². The van der Waals surface area contributed by atoms with Crippen molar-refractivity contribution in [1.29, 1.82) is 0 Å². The Morgan fingerprint density at radius 2 is 1.88 bits per heavy atom. The van der Waals surface area contributed by atoms with Crippen LogP contribution < -0.4 is 5.32 Å². The van der Waals surface area contributed by atoms with Crippen molar-refractivity contribution < 1.29 is 4.79 Å². The van der Waals surface area contributed by atoms with Crippen molar-refractivity contribution >= 4 is 34.4 Å². The second-order valence-corrected chi connectivity index (χ2v) is 7.34. The van der Waals surface area contributed by atoms with Crippen LogP contribution >= 0.6 is 11.8 Å². The van der Waals surface area contributed by atoms with Crippen molar-refractivity contribution in [1.82, 2.24) is 9.55 Å². The third-order valence-electron chi connectivity index (χ3n) is 4.64. The molecule has 3 rings (SSSR count). The predicted octanol–water partition coefficient (Wildman–Crippen LogP) is 5.30. The molecule has 0 aliphatic carbocycles. The molecule has 4 nitrogen and oxygen atoms in total. The first kappa shape index (κ1) is 18.5. The van der Waals surface area contributed by atoms with Crippen LogP contribution in [0, 0.1) is 0 Å². The number of aromatic nitrogens is 2. The second kappa shape index (κ2) is 8.41. The highest BCUT2D eigenvalue weighted by Crippen LogP contribution is 2.24. The van der Waals surface area contributed by atoms with Crippen molar-refractivity contribution in [2.75, 3.05) is 11.1 Å². The van der Waals surface area contributed by atoms with E-state index in [9.17, 15) is 4.79 Å². The molecule has 0 bridgehead atoms. The molecule has 3 aromatic rings. The fraction of sp³-hybridized carbons (Fsp3) is 0.333. The topological polar surface area (TPSA) is 46.9 Å². The van der Waals surface area contributed by atoms with Crippen LogP contribution in [0.5, 0.6) is 0 Å². The first-order valence-corrected chi connectivity index (χ1v) is 10.1. The lowest BCUT2D eigenvalue weighted by Gasteiger charge is -2.10. The van der Waals surface area contributed by atoms with Crippen LogP contribution in [-0.4, -0.2) is 21.2 Å². The highest BCUT2D eigenvalue weighted by molar-refractivity contribution is 7.99. The number of nitrogens with one attached hydrogen (secondary N) is 1. The molecule has 136 valence electrons. The van der Waals surface area contributed by atoms with Gasteiger partial charge in [0.05, 0.1) is 16.8 Å². The number of thioether (sulfide) groups is 1. The van der Waals surface area contributed by atoms with E-state index >= 15 is 0 Å². The summed E-state index contributed by atoms with van der Waals surface area (Å²) in [6, 6.07) is 16.2. The van der Waals surface area contributed by atoms with E-state index in [1.165, 1.54) is 17.3 Å². The summed E-state index contributed by atoms with van der Waals surface area (Å²) in [5.41, 5.74) is 4.22. The summed E-state index contributed by atoms with van der Waals surface area (Å²) in [5, 5.41) is 3.86. The predicted molar refractivity (Wildman–Crippen MR) is 110 cm³/mol. The Kier molecular flexibility index (Phi) is 5.99. The molecule has 1 aromatic heterocycles. The minimum atomic E-state index is -0.0130. The maximum Gasteiger partial charge on any atom is 0.234 e. The first-order chi connectivity index (χ1) is 12.6. The molecule has 0 radical (unpaired) electrons. The van der Waals surface area contributed by atoms with Gasteiger partial charge in [0, 0.05) is 12.2 Å². The second-order valence-electron chi connectivity index (χ2n) is 6.40. The van der Waals surface area contributed by atoms with Gasteiger partial charge in [-0.3, -0.25) is 4.79 Å². The van der Waals surface area contributed by atoms with Gasteiger partial charge in [0.1, 0.15) is 0 Å². The molecule has 26 heavy (non-hydrogen) atoms. The maximum absolute atomic E-state index is 12.3. The lowest BCUT2D eigenvalue weighted by Crippen LogP contribution is -2.14. The van der Waals surface area contributed by atoms with Crippen molar-refractivity contribution in [2.45, 2.75) is 44.8 Å². The molecule has 0 unspecified atom stereocenters. The number of imidazole rings is 1. The average Bonchev–Trinajstić information content (AvgIpc) is 3.04. The van der Waals surface area contributed by atoms with Gasteiger partial charge in [0.15, 0.2) is 5.16 Å². The number of hydrogen-bond donors (Lipinski definition) is 1. The van der Waals surface area contributed by atoms with Crippen LogP contribution in [0.25, 0.3) is 11.0 Å². The molecule has 0 fully saturated rings. The summed E-state index contributed by atoms with van der Waals surface area (Å²) >= 11 is 1.48. The van der Waals surface area contributed by atoms with Gasteiger partial charge in [-0.1, -0.05) is 49.9 Å². The largest absolute Gasteiger partial charge is 0.325 e. The van der Waals surface area contributed by atoms with Gasteiger partial charge in [-0.25, -0.2) is 4.98 Å². The highest BCUT2D eigenvalue weighted by atomic mass is 32.2. The van der Waals surface area contributed by atoms with Gasteiger partial charge in [-0.2, -0.15) is 0 Å². The van der Waals surface area contributed by atoms with Crippen molar-refractivity contribution in [2.24, 2.45) is 0 Å². The molecule has 0 saturated heterocycles. The molecule has 1 amide bonds. The normalized spacial score (nSPS) is 12.3. The SMILES string of the molecule is CC[C@H](C)c1ccc(NC(=O)CSc2nc3ccccc3n2CC)cc1. The van der Waals surface area contributed by atoms with Crippen LogP contribution in [0.15, 0.2) is 53.7 Å². The lowest BCUT2D eigenvalue weighted by atomic mass is 9.99. The van der Waals surface area contributed by atoms with Gasteiger partial charge in [0.25, 0.3) is 0 Å². The van der Waals surface area contributed by atoms with Gasteiger partial charge in [-0.15, -0.1) is 0 Å². The third-order valence-corrected chi connectivity index (χ3v) is 5.62. The zero-order valence-electron chi connectivity index (χ0n) is 15.5. The summed E-state index contributed by atoms with van der Waals surface area (Å²) in [6.07, 6.45) is 1.11. The molecular formula is C21H25N3OS. The quantitative estimate of drug-likeness (QED) is 0.576. The molecule has 2 aromatic carbocycles. The highest BCUT2D eigenvalue weighted by Gasteiger charge is 2.12. The number of hydrogen-bond acceptors (Lipinski definition) is 3. The Balaban J connectivity index is 1.62. The molecule has 0 aliphatic heterocycles. The van der Waals surface area contributed by atoms with Crippen LogP contribution in [0.3, 0.4) is 0 Å². The molecule has 1 heterocycles. The Hall–Kier alpha value is -2.27. The summed E-state index contributed by atoms with van der Waals surface area (Å²) in [7, 11) is 0. The Bertz CT molecular complexity index is 886. The molecule has 1 N–H and O–H groups in total. The lowest BCUT2D eigenvalue weighted by molar-refractivity contribution is -0.113. The van der Waals surface area contributed by atoms with Crippen LogP contribution in [0.4, 0.5) is 5.69 Å². The monoisotopic (exact) mass is 367 g/mol. The molecule has 0 spiro atoms. The van der Waals surface area contributed by atoms with Gasteiger partial charge in [0.2, 0.25) is 5.91 Å². The summed E-state index contributed by atoms with van der Waals surface area (Å²) < 4.78 is 2.15. The van der Waals surface area contributed by atoms with Crippen molar-refractivity contribution in [3.05, 3.63) is 54.1 Å². The fourth-order valence-electron chi connectivity index (χ4n) is 2.93. The summed E-state index contributed by atoms with van der Waals surface area (Å²) in [6.45, 7) is 7.32. The standard InChI is InChI=1S/C21H25N3OS/c1-4-15(3)16-10-12-17(13-11-16)22-20(25)14-26-21-23-18-8-6-7-9-19(18)24(21)5-2/h6-13,15H,4-5,14H2,1-3H3,(H,22,25)/t15-/m0/s1. The summed E-state index contributed by atoms with van der Waals surface area (Å²) in [4.78, 5) is 17.0. The Morgan fingerprint density at radius 1 is 1.15 bits per heavy atom. The van der Waals surface area contributed by atoms with Gasteiger partial charge in [-0.05, 0) is 49.1 Å². The molecule has 0 saturated carbocycles. The van der Waals surface area contributed by atoms with E-state index in [1.807, 2.05) is 30.3 Å². The number of fused-ring (bicyclic) bond motifs is 1. The maximum atomic E-state index is 12.3. The zero-order valence-corrected chi connectivity index (χ0v) is 16.3. The number of benzene rings is 2. The Labute approximate surface area is 159 Å². The van der Waals surface area contributed by atoms with Crippen molar-refractivity contribution in [3.8, 4) is 0 Å². The van der Waals surface area contributed by atoms with Crippen LogP contribution in [0.1, 0.15) is 38.7 Å². The minimum Gasteiger partial charge on any atom is -0.325 e. The minimum absolute atomic E-state index is 0.0130. The molecule has 5 heteroatoms. The van der Waals surface area contributed by atoms with E-state index in [1.54, 1.807) is 0 Å². The van der Waals surface area contributed by atoms with Crippen molar-refractivity contribution in [3.63, 3.8) is 0 Å². The Morgan fingerprint density at radius 3 is 2.58 bits per heavy atom. The zero-order chi connectivity index (χ0) is 18.5. The number of amides is 1. The number of rotatable bonds is 7. The van der Waals surface area contributed by atoms with Gasteiger partial charge < -0.3 is 9.88 Å². The average molecular weight is 368 g/mol. The number of carbonyl (C=O) groups excluding carboxylic acids is 1. The van der Waals surface area contributed by atoms with E-state index in [-0.39, 0.29) is 5.91 Å². The van der Waals surface area contributed by atoms with E-state index in [2.05, 4.69) is 53.8 Å². The van der Waals surface area contributed by atoms with Gasteiger partial charge >= 0.3 is 0 Å². The molecular weight excluding hydrogens is 342 g/mol. The number of carbonyl (C=O) groups is 1. The van der Waals surface area contributed by atoms with E-state index in [4.69, 9.17) is 0 Å². The number of aryl methyl sites for hydroxylation is 1. The third kappa shape index (κ3) is 4.10. The first-order valence-electron chi connectivity index (χ1n) is 9.10. The van der Waals surface area contributed by atoms with E-state index in [0.29, 0.717) is 11.7 Å².